The Morgan fingerprint density at radius 2 is 0.610 bits per heavy atom. The lowest BCUT2D eigenvalue weighted by Crippen LogP contribution is -2.35. The molecule has 0 aromatic heterocycles. The highest BCUT2D eigenvalue weighted by atomic mass is 16.6. The minimum Gasteiger partial charge on any atom is -0.463 e. The minimum atomic E-state index is -0.623. The fraction of sp³-hybridized carbons (Fsp3) is 0.561. The molecule has 6 N–H and O–H groups in total. The number of hydrogen-bond donors (Lipinski definition) is 6. The number of ether oxygens (including phenoxy) is 12. The van der Waals surface area contributed by atoms with Gasteiger partial charge in [0.25, 0.3) is 5.91 Å². The van der Waals surface area contributed by atoms with E-state index < -0.39 is 77.0 Å². The van der Waals surface area contributed by atoms with Crippen LogP contribution >= 0.6 is 0 Å². The number of esters is 12. The monoisotopic (exact) mass is 1670 g/mol. The van der Waals surface area contributed by atoms with Crippen LogP contribution in [0.25, 0.3) is 0 Å². The van der Waals surface area contributed by atoms with Crippen LogP contribution in [0.15, 0.2) is 103 Å². The molecule has 0 bridgehead atoms. The number of rotatable bonds is 46. The van der Waals surface area contributed by atoms with E-state index in [1.807, 2.05) is 26.8 Å². The van der Waals surface area contributed by atoms with E-state index in [4.69, 9.17) is 28.4 Å². The van der Waals surface area contributed by atoms with E-state index in [1.54, 1.807) is 86.6 Å². The van der Waals surface area contributed by atoms with Crippen LogP contribution in [0.5, 0.6) is 0 Å². The number of carbonyl (C=O) groups excluding carboxylic acids is 18. The first-order valence-corrected chi connectivity index (χ1v) is 38.9. The smallest absolute Gasteiger partial charge is 0.331 e. The van der Waals surface area contributed by atoms with Gasteiger partial charge in [-0.05, 0) is 105 Å². The van der Waals surface area contributed by atoms with E-state index in [0.29, 0.717) is 89.8 Å². The van der Waals surface area contributed by atoms with Gasteiger partial charge in [0, 0.05) is 148 Å². The van der Waals surface area contributed by atoms with E-state index in [0.717, 1.165) is 98.6 Å². The van der Waals surface area contributed by atoms with Crippen molar-refractivity contribution in [3.63, 3.8) is 0 Å². The quantitative estimate of drug-likeness (QED) is 0.0190. The van der Waals surface area contributed by atoms with E-state index in [2.05, 4.69) is 60.3 Å². The van der Waals surface area contributed by atoms with E-state index in [-0.39, 0.29) is 127 Å². The second-order valence-corrected chi connectivity index (χ2v) is 25.0. The molecule has 0 radical (unpaired) electrons. The average molecular weight is 1670 g/mol. The summed E-state index contributed by atoms with van der Waals surface area (Å²) in [6.07, 6.45) is 21.2. The molecule has 662 valence electrons. The lowest BCUT2D eigenvalue weighted by Gasteiger charge is -2.20. The topological polar surface area (TPSA) is 490 Å². The second-order valence-electron chi connectivity index (χ2n) is 25.0. The zero-order valence-corrected chi connectivity index (χ0v) is 70.4. The highest BCUT2D eigenvalue weighted by Crippen LogP contribution is 2.23. The van der Waals surface area contributed by atoms with Crippen molar-refractivity contribution in [1.29, 1.82) is 0 Å². The minimum absolute atomic E-state index is 0.0338. The summed E-state index contributed by atoms with van der Waals surface area (Å²) < 4.78 is 56.7. The fourth-order valence-corrected chi connectivity index (χ4v) is 7.83. The molecule has 2 rings (SSSR count). The molecule has 0 aliphatic heterocycles. The summed E-state index contributed by atoms with van der Waals surface area (Å²) in [6.45, 7) is 27.6. The summed E-state index contributed by atoms with van der Waals surface area (Å²) in [6, 6.07) is 8.84. The van der Waals surface area contributed by atoms with Gasteiger partial charge in [-0.3, -0.25) is 28.8 Å². The highest BCUT2D eigenvalue weighted by molar-refractivity contribution is 5.96. The molecule has 0 unspecified atom stereocenters. The van der Waals surface area contributed by atoms with Crippen LogP contribution in [-0.2, 0) is 138 Å². The molecule has 1 fully saturated rings. The van der Waals surface area contributed by atoms with Crippen LogP contribution in [0.1, 0.15) is 177 Å². The summed E-state index contributed by atoms with van der Waals surface area (Å²) in [7, 11) is 0. The standard InChI is InChI=1S/C16H25NO5.C16H19NO5.C14H23NO5.C13H21NO5.C12H19NO5.C11H17NO5/c2*1-2-21-14(18)9-10-15(19)22-12-6-11-17-16(20)13-7-4-3-5-8-13;1-5-19-11(16)7-8-12(17)20-10-6-9-15-13(18)14(2,3)4;1-4-18-11(15)6-7-12(16)19-9-5-8-14-13(17)10(2)3;1-3-10(14)13-8-5-9-18-12(16)7-6-11(15)17-4-2;1-3-16-10(14)5-6-11(15)17-8-4-7-12-9(2)13/h9-10,13H,2-8,11-12H2,1H3,(H,17,20);3-5,7-10H,2,6,11-12H2,1H3,(H,17,20);7-8H,5-6,9-10H2,1-4H3,(H,15,18);6-7,10H,4-5,8-9H2,1-3H3,(H,14,17);6-7H,3-5,8-9H2,1-2H3,(H,13,14);5-6H,3-4,7-8H2,1-2H3,(H,12,13)/b2*10-9+;8-7+;2*7-6+;6-5+. The van der Waals surface area contributed by atoms with Gasteiger partial charge >= 0.3 is 71.6 Å². The molecule has 118 heavy (non-hydrogen) atoms. The first-order valence-electron chi connectivity index (χ1n) is 38.9. The first-order chi connectivity index (χ1) is 56.2. The second kappa shape index (κ2) is 76.4. The van der Waals surface area contributed by atoms with Crippen LogP contribution in [-0.4, -0.2) is 226 Å². The molecule has 1 aromatic rings. The number of nitrogens with one attached hydrogen (secondary N) is 6. The van der Waals surface area contributed by atoms with Gasteiger partial charge in [0.15, 0.2) is 0 Å². The van der Waals surface area contributed by atoms with Gasteiger partial charge in [0.2, 0.25) is 29.5 Å². The molecular formula is C82H124N6O30. The maximum atomic E-state index is 11.9. The van der Waals surface area contributed by atoms with E-state index >= 15 is 0 Å². The molecule has 6 amide bonds. The Morgan fingerprint density at radius 3 is 0.881 bits per heavy atom. The van der Waals surface area contributed by atoms with Crippen molar-refractivity contribution in [3.8, 4) is 0 Å². The molecule has 1 aliphatic rings. The first kappa shape index (κ1) is 112. The molecule has 1 saturated carbocycles. The number of hydrogen-bond acceptors (Lipinski definition) is 30. The molecule has 1 aliphatic carbocycles. The lowest BCUT2D eigenvalue weighted by atomic mass is 9.89. The maximum Gasteiger partial charge on any atom is 0.331 e. The zero-order chi connectivity index (χ0) is 89.6. The summed E-state index contributed by atoms with van der Waals surface area (Å²) >= 11 is 0. The Bertz CT molecular complexity index is 3350. The predicted molar refractivity (Wildman–Crippen MR) is 429 cm³/mol. The van der Waals surface area contributed by atoms with Crippen LogP contribution in [0.2, 0.25) is 0 Å². The average Bonchev–Trinajstić information content (AvgIpc) is 0.929. The van der Waals surface area contributed by atoms with Gasteiger partial charge in [-0.2, -0.15) is 0 Å². The molecule has 0 atom stereocenters. The maximum absolute atomic E-state index is 11.9. The Morgan fingerprint density at radius 1 is 0.347 bits per heavy atom. The van der Waals surface area contributed by atoms with Gasteiger partial charge in [0.05, 0.1) is 79.3 Å². The van der Waals surface area contributed by atoms with Gasteiger partial charge in [-0.25, -0.2) is 57.5 Å². The summed E-state index contributed by atoms with van der Waals surface area (Å²) in [5.74, 6) is -7.36. The van der Waals surface area contributed by atoms with Crippen molar-refractivity contribution < 1.29 is 143 Å². The Balaban J connectivity index is -0.000000663. The lowest BCUT2D eigenvalue weighted by molar-refractivity contribution is -0.140. The molecule has 36 nitrogen and oxygen atoms in total. The molecule has 1 aromatic carbocycles. The van der Waals surface area contributed by atoms with Gasteiger partial charge in [-0.15, -0.1) is 0 Å². The van der Waals surface area contributed by atoms with Crippen LogP contribution in [0.4, 0.5) is 0 Å². The van der Waals surface area contributed by atoms with Crippen molar-refractivity contribution in [2.24, 2.45) is 17.3 Å². The van der Waals surface area contributed by atoms with Crippen molar-refractivity contribution in [2.75, 3.05) is 119 Å². The van der Waals surface area contributed by atoms with Crippen molar-refractivity contribution in [3.05, 3.63) is 109 Å². The molecule has 0 heterocycles. The Hall–Kier alpha value is -11.9. The van der Waals surface area contributed by atoms with Crippen LogP contribution in [0.3, 0.4) is 0 Å². The highest BCUT2D eigenvalue weighted by Gasteiger charge is 2.22. The van der Waals surface area contributed by atoms with Crippen molar-refractivity contribution in [2.45, 2.75) is 167 Å². The van der Waals surface area contributed by atoms with Gasteiger partial charge in [-0.1, -0.05) is 79.0 Å². The van der Waals surface area contributed by atoms with Crippen molar-refractivity contribution in [1.82, 2.24) is 31.9 Å². The Kier molecular flexibility index (Phi) is 72.8. The third kappa shape index (κ3) is 76.7. The molecule has 0 spiro atoms. The molecule has 0 saturated heterocycles. The summed E-state index contributed by atoms with van der Waals surface area (Å²) in [5, 5.41) is 16.2. The third-order valence-corrected chi connectivity index (χ3v) is 13.6. The van der Waals surface area contributed by atoms with Crippen LogP contribution < -0.4 is 31.9 Å². The predicted octanol–water partition coefficient (Wildman–Crippen LogP) is 5.96. The summed E-state index contributed by atoms with van der Waals surface area (Å²) in [5.41, 5.74) is 0.149. The van der Waals surface area contributed by atoms with E-state index in [9.17, 15) is 86.3 Å². The SMILES string of the molecule is CCOC(=O)/C=C/C(=O)OCCCNC(=O)C(C)(C)C.CCOC(=O)/C=C/C(=O)OCCCNC(=O)C(C)C.CCOC(=O)/C=C/C(=O)OCCCNC(=O)C1CCCCC1.CCOC(=O)/C=C/C(=O)OCCCNC(=O)CC.CCOC(=O)/C=C/C(=O)OCCCNC(=O)c1ccccc1.CCOC(=O)/C=C/C(=O)OCCCNC(C)=O. The number of benzene rings is 1. The normalized spacial score (nSPS) is 11.4. The number of amides is 6. The third-order valence-electron chi connectivity index (χ3n) is 13.6. The number of carbonyl (C=O) groups is 18. The van der Waals surface area contributed by atoms with Crippen LogP contribution in [0, 0.1) is 17.3 Å². The fourth-order valence-electron chi connectivity index (χ4n) is 7.83. The zero-order valence-electron chi connectivity index (χ0n) is 70.4. The van der Waals surface area contributed by atoms with Gasteiger partial charge < -0.3 is 88.7 Å². The Labute approximate surface area is 691 Å². The van der Waals surface area contributed by atoms with Gasteiger partial charge in [0.1, 0.15) is 0 Å². The van der Waals surface area contributed by atoms with Crippen molar-refractivity contribution >= 4 is 107 Å². The molecular weight excluding hydrogens is 1550 g/mol. The molecule has 36 heteroatoms. The largest absolute Gasteiger partial charge is 0.463 e. The van der Waals surface area contributed by atoms with E-state index in [1.165, 1.54) is 13.3 Å². The summed E-state index contributed by atoms with van der Waals surface area (Å²) in [4.78, 5) is 200.